The van der Waals surface area contributed by atoms with Gasteiger partial charge in [0.25, 0.3) is 0 Å². The molecule has 0 spiro atoms. The zero-order valence-corrected chi connectivity index (χ0v) is 13.4. The van der Waals surface area contributed by atoms with E-state index in [-0.39, 0.29) is 0 Å². The molecule has 0 radical (unpaired) electrons. The van der Waals surface area contributed by atoms with Crippen LogP contribution in [0.25, 0.3) is 0 Å². The Kier molecular flexibility index (Phi) is 7.94. The van der Waals surface area contributed by atoms with E-state index >= 15 is 0 Å². The summed E-state index contributed by atoms with van der Waals surface area (Å²) in [4.78, 5) is 13.3. The SMILES string of the molecule is COC(=O)NS(=O)(=O)N1CCCN(CCCCCN)CC1. The van der Waals surface area contributed by atoms with Crippen molar-refractivity contribution in [1.82, 2.24) is 13.9 Å². The maximum atomic E-state index is 12.0. The summed E-state index contributed by atoms with van der Waals surface area (Å²) in [6.45, 7) is 4.00. The van der Waals surface area contributed by atoms with Crippen molar-refractivity contribution >= 4 is 16.3 Å². The van der Waals surface area contributed by atoms with Gasteiger partial charge in [-0.2, -0.15) is 12.7 Å². The molecule has 9 heteroatoms. The lowest BCUT2D eigenvalue weighted by atomic mass is 10.2. The van der Waals surface area contributed by atoms with Crippen LogP contribution in [-0.4, -0.2) is 70.1 Å². The van der Waals surface area contributed by atoms with E-state index in [2.05, 4.69) is 9.64 Å². The van der Waals surface area contributed by atoms with Crippen LogP contribution in [0.2, 0.25) is 0 Å². The maximum absolute atomic E-state index is 12.0. The number of amides is 1. The Morgan fingerprint density at radius 3 is 2.62 bits per heavy atom. The number of unbranched alkanes of at least 4 members (excludes halogenated alkanes) is 2. The van der Waals surface area contributed by atoms with Gasteiger partial charge in [-0.15, -0.1) is 0 Å². The molecule has 0 aromatic rings. The molecule has 0 aliphatic carbocycles. The molecular formula is C12H26N4O4S. The lowest BCUT2D eigenvalue weighted by molar-refractivity contribution is 0.177. The van der Waals surface area contributed by atoms with E-state index < -0.39 is 16.3 Å². The molecule has 8 nitrogen and oxygen atoms in total. The molecule has 0 unspecified atom stereocenters. The molecule has 1 saturated heterocycles. The summed E-state index contributed by atoms with van der Waals surface area (Å²) >= 11 is 0. The Morgan fingerprint density at radius 2 is 1.95 bits per heavy atom. The van der Waals surface area contributed by atoms with Gasteiger partial charge in [0.1, 0.15) is 0 Å². The molecule has 1 rings (SSSR count). The number of rotatable bonds is 7. The van der Waals surface area contributed by atoms with Crippen LogP contribution in [0, 0.1) is 0 Å². The van der Waals surface area contributed by atoms with Crippen LogP contribution in [0.3, 0.4) is 0 Å². The van der Waals surface area contributed by atoms with Crippen LogP contribution in [0.1, 0.15) is 25.7 Å². The second kappa shape index (κ2) is 9.19. The minimum Gasteiger partial charge on any atom is -0.452 e. The normalized spacial score (nSPS) is 18.2. The molecular weight excluding hydrogens is 296 g/mol. The third-order valence-corrected chi connectivity index (χ3v) is 4.93. The molecule has 3 N–H and O–H groups in total. The first-order valence-electron chi connectivity index (χ1n) is 7.28. The summed E-state index contributed by atoms with van der Waals surface area (Å²) in [7, 11) is -2.67. The van der Waals surface area contributed by atoms with Gasteiger partial charge in [-0.25, -0.2) is 9.52 Å². The zero-order valence-electron chi connectivity index (χ0n) is 12.6. The number of nitrogens with one attached hydrogen (secondary N) is 1. The molecule has 21 heavy (non-hydrogen) atoms. The fourth-order valence-corrected chi connectivity index (χ4v) is 3.39. The van der Waals surface area contributed by atoms with Crippen LogP contribution in [0.5, 0.6) is 0 Å². The fourth-order valence-electron chi connectivity index (χ4n) is 2.28. The molecule has 0 atom stereocenters. The van der Waals surface area contributed by atoms with Gasteiger partial charge in [0, 0.05) is 19.6 Å². The molecule has 1 aliphatic rings. The highest BCUT2D eigenvalue weighted by Gasteiger charge is 2.26. The Hall–Kier alpha value is -0.900. The van der Waals surface area contributed by atoms with Gasteiger partial charge in [0.05, 0.1) is 7.11 Å². The summed E-state index contributed by atoms with van der Waals surface area (Å²) < 4.78 is 31.5. The van der Waals surface area contributed by atoms with Crippen molar-refractivity contribution in [3.05, 3.63) is 0 Å². The van der Waals surface area contributed by atoms with E-state index in [1.165, 1.54) is 4.31 Å². The third kappa shape index (κ3) is 6.60. The average molecular weight is 322 g/mol. The predicted octanol–water partition coefficient (Wildman–Crippen LogP) is -0.276. The molecule has 0 saturated carbocycles. The van der Waals surface area contributed by atoms with E-state index in [4.69, 9.17) is 5.73 Å². The third-order valence-electron chi connectivity index (χ3n) is 3.46. The van der Waals surface area contributed by atoms with E-state index in [9.17, 15) is 13.2 Å². The highest BCUT2D eigenvalue weighted by molar-refractivity contribution is 7.87. The van der Waals surface area contributed by atoms with Gasteiger partial charge in [0.15, 0.2) is 0 Å². The quantitative estimate of drug-likeness (QED) is 0.625. The van der Waals surface area contributed by atoms with Crippen LogP contribution in [-0.2, 0) is 14.9 Å². The predicted molar refractivity (Wildman–Crippen MR) is 80.0 cm³/mol. The number of carbonyl (C=O) groups is 1. The van der Waals surface area contributed by atoms with Crippen molar-refractivity contribution in [3.63, 3.8) is 0 Å². The summed E-state index contributed by atoms with van der Waals surface area (Å²) in [5.41, 5.74) is 5.46. The van der Waals surface area contributed by atoms with Crippen molar-refractivity contribution in [2.75, 3.05) is 46.4 Å². The minimum atomic E-state index is -3.80. The van der Waals surface area contributed by atoms with E-state index in [1.54, 1.807) is 0 Å². The summed E-state index contributed by atoms with van der Waals surface area (Å²) in [6.07, 6.45) is 2.98. The van der Waals surface area contributed by atoms with Gasteiger partial charge in [-0.05, 0) is 38.9 Å². The Labute approximate surface area is 126 Å². The number of ether oxygens (including phenoxy) is 1. The first-order chi connectivity index (χ1) is 9.99. The minimum absolute atomic E-state index is 0.378. The Bertz CT molecular complexity index is 415. The smallest absolute Gasteiger partial charge is 0.421 e. The number of methoxy groups -OCH3 is 1. The number of nitrogens with two attached hydrogens (primary N) is 1. The molecule has 1 amide bonds. The molecule has 1 fully saturated rings. The summed E-state index contributed by atoms with van der Waals surface area (Å²) in [6, 6.07) is 0. The number of hydrogen-bond acceptors (Lipinski definition) is 6. The first-order valence-corrected chi connectivity index (χ1v) is 8.72. The van der Waals surface area contributed by atoms with Crippen LogP contribution in [0.4, 0.5) is 4.79 Å². The van der Waals surface area contributed by atoms with Crippen molar-refractivity contribution in [2.45, 2.75) is 25.7 Å². The molecule has 0 bridgehead atoms. The largest absolute Gasteiger partial charge is 0.452 e. The molecule has 124 valence electrons. The van der Waals surface area contributed by atoms with E-state index in [0.29, 0.717) is 26.2 Å². The zero-order chi connectivity index (χ0) is 15.7. The highest BCUT2D eigenvalue weighted by atomic mass is 32.2. The topological polar surface area (TPSA) is 105 Å². The highest BCUT2D eigenvalue weighted by Crippen LogP contribution is 2.08. The van der Waals surface area contributed by atoms with Gasteiger partial charge in [-0.1, -0.05) is 6.42 Å². The van der Waals surface area contributed by atoms with E-state index in [0.717, 1.165) is 45.9 Å². The van der Waals surface area contributed by atoms with Gasteiger partial charge in [-0.3, -0.25) is 0 Å². The number of nitrogens with zero attached hydrogens (tertiary/aromatic N) is 2. The molecule has 1 heterocycles. The first kappa shape index (κ1) is 18.1. The number of carbonyl (C=O) groups excluding carboxylic acids is 1. The molecule has 0 aromatic heterocycles. The molecule has 1 aliphatic heterocycles. The van der Waals surface area contributed by atoms with Crippen molar-refractivity contribution in [2.24, 2.45) is 5.73 Å². The Morgan fingerprint density at radius 1 is 1.19 bits per heavy atom. The van der Waals surface area contributed by atoms with Crippen LogP contribution >= 0.6 is 0 Å². The monoisotopic (exact) mass is 322 g/mol. The van der Waals surface area contributed by atoms with Crippen molar-refractivity contribution in [1.29, 1.82) is 0 Å². The Balaban J connectivity index is 2.42. The van der Waals surface area contributed by atoms with Gasteiger partial charge >= 0.3 is 16.3 Å². The second-order valence-electron chi connectivity index (χ2n) is 5.04. The van der Waals surface area contributed by atoms with Gasteiger partial charge in [0.2, 0.25) is 0 Å². The fraction of sp³-hybridized carbons (Fsp3) is 0.917. The summed E-state index contributed by atoms with van der Waals surface area (Å²) in [5, 5.41) is 0. The average Bonchev–Trinajstić information content (AvgIpc) is 2.69. The van der Waals surface area contributed by atoms with E-state index in [1.807, 2.05) is 4.72 Å². The lowest BCUT2D eigenvalue weighted by Crippen LogP contribution is -2.45. The van der Waals surface area contributed by atoms with Crippen molar-refractivity contribution in [3.8, 4) is 0 Å². The van der Waals surface area contributed by atoms with Crippen molar-refractivity contribution < 1.29 is 17.9 Å². The standard InChI is InChI=1S/C12H26N4O4S/c1-20-12(17)14-21(18,19)16-9-5-8-15(10-11-16)7-4-2-3-6-13/h2-11,13H2,1H3,(H,14,17). The lowest BCUT2D eigenvalue weighted by Gasteiger charge is -2.21. The van der Waals surface area contributed by atoms with Crippen LogP contribution in [0.15, 0.2) is 0 Å². The number of hydrogen-bond donors (Lipinski definition) is 2. The van der Waals surface area contributed by atoms with Gasteiger partial charge < -0.3 is 15.4 Å². The second-order valence-corrected chi connectivity index (χ2v) is 6.71. The van der Waals surface area contributed by atoms with Crippen LogP contribution < -0.4 is 10.5 Å². The summed E-state index contributed by atoms with van der Waals surface area (Å²) in [5.74, 6) is 0. The molecule has 0 aromatic carbocycles. The maximum Gasteiger partial charge on any atom is 0.421 e.